The summed E-state index contributed by atoms with van der Waals surface area (Å²) in [6, 6.07) is 8.02. The largest absolute Gasteiger partial charge is 0.396 e. The Morgan fingerprint density at radius 2 is 2.10 bits per heavy atom. The van der Waals surface area contributed by atoms with Crippen LogP contribution in [0.15, 0.2) is 30.5 Å². The number of hydrogen-bond acceptors (Lipinski definition) is 2. The SMILES string of the molecule is CCCCCC(=O)Nc1ccc2ccn(CCCO)c2c1. The van der Waals surface area contributed by atoms with Crippen molar-refractivity contribution in [3.63, 3.8) is 0 Å². The summed E-state index contributed by atoms with van der Waals surface area (Å²) in [7, 11) is 0. The summed E-state index contributed by atoms with van der Waals surface area (Å²) in [5.74, 6) is 0.0799. The molecule has 2 rings (SSSR count). The number of nitrogens with zero attached hydrogens (tertiary/aromatic N) is 1. The van der Waals surface area contributed by atoms with Gasteiger partial charge in [0.25, 0.3) is 0 Å². The van der Waals surface area contributed by atoms with Gasteiger partial charge in [0, 0.05) is 31.5 Å². The van der Waals surface area contributed by atoms with E-state index in [0.717, 1.165) is 48.8 Å². The van der Waals surface area contributed by atoms with E-state index in [1.165, 1.54) is 0 Å². The Kier molecular flexibility index (Phi) is 5.81. The average Bonchev–Trinajstić information content (AvgIpc) is 2.88. The molecule has 1 aromatic carbocycles. The lowest BCUT2D eigenvalue weighted by atomic mass is 10.2. The van der Waals surface area contributed by atoms with Crippen LogP contribution in [0.3, 0.4) is 0 Å². The smallest absolute Gasteiger partial charge is 0.224 e. The molecule has 0 bridgehead atoms. The van der Waals surface area contributed by atoms with Crippen molar-refractivity contribution < 1.29 is 9.90 Å². The molecule has 114 valence electrons. The lowest BCUT2D eigenvalue weighted by Gasteiger charge is -2.08. The maximum absolute atomic E-state index is 11.9. The van der Waals surface area contributed by atoms with E-state index in [9.17, 15) is 4.79 Å². The van der Waals surface area contributed by atoms with Gasteiger partial charge < -0.3 is 15.0 Å². The fourth-order valence-electron chi connectivity index (χ4n) is 2.46. The maximum atomic E-state index is 11.9. The molecule has 2 N–H and O–H groups in total. The van der Waals surface area contributed by atoms with Crippen LogP contribution in [0.1, 0.15) is 39.0 Å². The molecule has 1 heterocycles. The summed E-state index contributed by atoms with van der Waals surface area (Å²) in [6.07, 6.45) is 6.49. The highest BCUT2D eigenvalue weighted by Gasteiger charge is 2.05. The molecule has 4 nitrogen and oxygen atoms in total. The Balaban J connectivity index is 2.05. The van der Waals surface area contributed by atoms with Gasteiger partial charge in [0.2, 0.25) is 5.91 Å². The summed E-state index contributed by atoms with van der Waals surface area (Å²) in [5, 5.41) is 13.1. The number of hydrogen-bond donors (Lipinski definition) is 2. The molecule has 0 radical (unpaired) electrons. The second-order valence-electron chi connectivity index (χ2n) is 5.37. The molecule has 0 fully saturated rings. The van der Waals surface area contributed by atoms with Gasteiger partial charge in [-0.3, -0.25) is 4.79 Å². The molecule has 1 aromatic heterocycles. The van der Waals surface area contributed by atoms with Gasteiger partial charge in [0.15, 0.2) is 0 Å². The van der Waals surface area contributed by atoms with Crippen LogP contribution in [-0.4, -0.2) is 22.2 Å². The first-order chi connectivity index (χ1) is 10.2. The standard InChI is InChI=1S/C17H24N2O2/c1-2-3-4-6-17(21)18-15-8-7-14-9-11-19(10-5-12-20)16(14)13-15/h7-9,11,13,20H,2-6,10,12H2,1H3,(H,18,21). The van der Waals surface area contributed by atoms with Crippen molar-refractivity contribution in [1.82, 2.24) is 4.57 Å². The lowest BCUT2D eigenvalue weighted by Crippen LogP contribution is -2.11. The zero-order chi connectivity index (χ0) is 15.1. The molecule has 0 unspecified atom stereocenters. The number of aromatic nitrogens is 1. The molecule has 1 amide bonds. The van der Waals surface area contributed by atoms with Crippen molar-refractivity contribution in [1.29, 1.82) is 0 Å². The average molecular weight is 288 g/mol. The monoisotopic (exact) mass is 288 g/mol. The van der Waals surface area contributed by atoms with Crippen molar-refractivity contribution in [2.24, 2.45) is 0 Å². The quantitative estimate of drug-likeness (QED) is 0.730. The van der Waals surface area contributed by atoms with E-state index in [4.69, 9.17) is 5.11 Å². The molecule has 0 spiro atoms. The molecule has 0 aliphatic heterocycles. The van der Waals surface area contributed by atoms with E-state index >= 15 is 0 Å². The lowest BCUT2D eigenvalue weighted by molar-refractivity contribution is -0.116. The van der Waals surface area contributed by atoms with E-state index < -0.39 is 0 Å². The van der Waals surface area contributed by atoms with Gasteiger partial charge in [-0.1, -0.05) is 25.8 Å². The molecule has 2 aromatic rings. The molecule has 4 heteroatoms. The van der Waals surface area contributed by atoms with Gasteiger partial charge in [-0.05, 0) is 36.4 Å². The van der Waals surface area contributed by atoms with Gasteiger partial charge in [-0.25, -0.2) is 0 Å². The predicted octanol–water partition coefficient (Wildman–Crippen LogP) is 3.54. The fourth-order valence-corrected chi connectivity index (χ4v) is 2.46. The summed E-state index contributed by atoms with van der Waals surface area (Å²) in [6.45, 7) is 3.10. The van der Waals surface area contributed by atoms with Gasteiger partial charge in [0.1, 0.15) is 0 Å². The highest BCUT2D eigenvalue weighted by molar-refractivity contribution is 5.93. The Bertz CT molecular complexity index is 589. The molecular formula is C17H24N2O2. The van der Waals surface area contributed by atoms with Crippen LogP contribution in [0.2, 0.25) is 0 Å². The third-order valence-electron chi connectivity index (χ3n) is 3.62. The van der Waals surface area contributed by atoms with Crippen LogP contribution in [0.25, 0.3) is 10.9 Å². The van der Waals surface area contributed by atoms with Crippen molar-refractivity contribution >= 4 is 22.5 Å². The van der Waals surface area contributed by atoms with E-state index in [-0.39, 0.29) is 12.5 Å². The van der Waals surface area contributed by atoms with Gasteiger partial charge in [-0.2, -0.15) is 0 Å². The zero-order valence-electron chi connectivity index (χ0n) is 12.6. The molecule has 0 atom stereocenters. The van der Waals surface area contributed by atoms with Crippen LogP contribution in [0.4, 0.5) is 5.69 Å². The molecule has 21 heavy (non-hydrogen) atoms. The Hall–Kier alpha value is -1.81. The van der Waals surface area contributed by atoms with E-state index in [0.29, 0.717) is 6.42 Å². The van der Waals surface area contributed by atoms with Gasteiger partial charge in [0.05, 0.1) is 5.52 Å². The van der Waals surface area contributed by atoms with Crippen LogP contribution in [-0.2, 0) is 11.3 Å². The first-order valence-corrected chi connectivity index (χ1v) is 7.74. The highest BCUT2D eigenvalue weighted by atomic mass is 16.3. The maximum Gasteiger partial charge on any atom is 0.224 e. The minimum Gasteiger partial charge on any atom is -0.396 e. The topological polar surface area (TPSA) is 54.3 Å². The molecule has 0 aliphatic rings. The number of carbonyl (C=O) groups is 1. The summed E-state index contributed by atoms with van der Waals surface area (Å²) < 4.78 is 2.11. The minimum atomic E-state index is 0.0799. The van der Waals surface area contributed by atoms with Crippen LogP contribution >= 0.6 is 0 Å². The van der Waals surface area contributed by atoms with Crippen LogP contribution in [0, 0.1) is 0 Å². The third-order valence-corrected chi connectivity index (χ3v) is 3.62. The first-order valence-electron chi connectivity index (χ1n) is 7.74. The number of aliphatic hydroxyl groups is 1. The normalized spacial score (nSPS) is 11.0. The summed E-state index contributed by atoms with van der Waals surface area (Å²) in [4.78, 5) is 11.9. The number of amides is 1. The van der Waals surface area contributed by atoms with Crippen molar-refractivity contribution in [2.45, 2.75) is 45.6 Å². The van der Waals surface area contributed by atoms with Crippen LogP contribution < -0.4 is 5.32 Å². The number of benzene rings is 1. The summed E-state index contributed by atoms with van der Waals surface area (Å²) >= 11 is 0. The highest BCUT2D eigenvalue weighted by Crippen LogP contribution is 2.21. The number of rotatable bonds is 8. The van der Waals surface area contributed by atoms with E-state index in [2.05, 4.69) is 22.9 Å². The molecule has 0 saturated heterocycles. The van der Waals surface area contributed by atoms with Crippen molar-refractivity contribution in [3.05, 3.63) is 30.5 Å². The van der Waals surface area contributed by atoms with E-state index in [1.807, 2.05) is 24.4 Å². The van der Waals surface area contributed by atoms with E-state index in [1.54, 1.807) is 0 Å². The predicted molar refractivity (Wildman–Crippen MR) is 86.4 cm³/mol. The number of aryl methyl sites for hydroxylation is 1. The second-order valence-corrected chi connectivity index (χ2v) is 5.37. The zero-order valence-corrected chi connectivity index (χ0v) is 12.6. The first kappa shape index (κ1) is 15.6. The number of anilines is 1. The molecule has 0 saturated carbocycles. The Labute approximate surface area is 125 Å². The van der Waals surface area contributed by atoms with Gasteiger partial charge in [-0.15, -0.1) is 0 Å². The number of fused-ring (bicyclic) bond motifs is 1. The van der Waals surface area contributed by atoms with Crippen molar-refractivity contribution in [2.75, 3.05) is 11.9 Å². The second kappa shape index (κ2) is 7.84. The fraction of sp³-hybridized carbons (Fsp3) is 0.471. The molecule has 0 aliphatic carbocycles. The number of nitrogens with one attached hydrogen (secondary N) is 1. The minimum absolute atomic E-state index is 0.0799. The number of aliphatic hydroxyl groups excluding tert-OH is 1. The van der Waals surface area contributed by atoms with Gasteiger partial charge >= 0.3 is 0 Å². The van der Waals surface area contributed by atoms with Crippen molar-refractivity contribution in [3.8, 4) is 0 Å². The Morgan fingerprint density at radius 1 is 1.24 bits per heavy atom. The number of unbranched alkanes of at least 4 members (excludes halogenated alkanes) is 2. The van der Waals surface area contributed by atoms with Crippen LogP contribution in [0.5, 0.6) is 0 Å². The molecular weight excluding hydrogens is 264 g/mol. The Morgan fingerprint density at radius 3 is 2.86 bits per heavy atom. The summed E-state index contributed by atoms with van der Waals surface area (Å²) in [5.41, 5.74) is 1.93. The third kappa shape index (κ3) is 4.33. The number of carbonyl (C=O) groups excluding carboxylic acids is 1.